The first-order valence-electron chi connectivity index (χ1n) is 8.25. The van der Waals surface area contributed by atoms with Gasteiger partial charge in [0.25, 0.3) is 0 Å². The second kappa shape index (κ2) is 7.47. The fourth-order valence-corrected chi connectivity index (χ4v) is 4.63. The molecule has 1 atom stereocenters. The molecule has 0 amide bonds. The maximum Gasteiger partial charge on any atom is 0.329 e. The van der Waals surface area contributed by atoms with Crippen molar-refractivity contribution in [2.75, 3.05) is 10.7 Å². The summed E-state index contributed by atoms with van der Waals surface area (Å²) in [5.74, 6) is -0.358. The van der Waals surface area contributed by atoms with Gasteiger partial charge in [-0.2, -0.15) is 0 Å². The summed E-state index contributed by atoms with van der Waals surface area (Å²) in [5, 5.41) is 11.8. The number of carboxylic acids is 1. The fourth-order valence-electron chi connectivity index (χ4n) is 2.88. The molecule has 0 fully saturated rings. The van der Waals surface area contributed by atoms with Crippen LogP contribution in [0, 0.1) is 0 Å². The van der Waals surface area contributed by atoms with Crippen LogP contribution >= 0.6 is 23.1 Å². The number of aliphatic carboxylic acids is 1. The molecule has 1 aromatic heterocycles. The van der Waals surface area contributed by atoms with Crippen LogP contribution < -0.4 is 4.90 Å². The molecule has 0 bridgehead atoms. The fraction of sp³-hybridized carbons (Fsp3) is 0.211. The zero-order chi connectivity index (χ0) is 17.9. The molecule has 2 aliphatic rings. The summed E-state index contributed by atoms with van der Waals surface area (Å²) < 4.78 is 0. The molecule has 0 radical (unpaired) electrons. The van der Waals surface area contributed by atoms with Crippen LogP contribution in [-0.4, -0.2) is 32.9 Å². The minimum absolute atomic E-state index is 0.507. The maximum absolute atomic E-state index is 10.9. The van der Waals surface area contributed by atoms with Crippen molar-refractivity contribution in [1.82, 2.24) is 4.98 Å². The van der Waals surface area contributed by atoms with Crippen molar-refractivity contribution >= 4 is 45.2 Å². The molecule has 0 spiro atoms. The Kier molecular flexibility index (Phi) is 4.90. The molecule has 1 aromatic carbocycles. The molecule has 0 unspecified atom stereocenters. The number of hydrogen-bond acceptors (Lipinski definition) is 6. The number of allylic oxidation sites excluding steroid dienone is 2. The lowest BCUT2D eigenvalue weighted by atomic mass is 10.1. The van der Waals surface area contributed by atoms with Crippen molar-refractivity contribution in [3.05, 3.63) is 64.8 Å². The molecule has 4 rings (SSSR count). The van der Waals surface area contributed by atoms with Gasteiger partial charge in [0.2, 0.25) is 0 Å². The second-order valence-electron chi connectivity index (χ2n) is 6.01. The standard InChI is InChI=1S/C19H17N3O2S2/c23-19(24)15-12-25-17(21-15)8-4-3-7-16-20-9-18(26-16)22-10-13-5-1-2-6-14(13)11-22/h1-9,15H,10-12H2,(H,23,24)/b7-3+,8-4+/t15-/m1/s1. The third-order valence-corrected chi connectivity index (χ3v) is 6.25. The summed E-state index contributed by atoms with van der Waals surface area (Å²) in [7, 11) is 0. The van der Waals surface area contributed by atoms with Crippen molar-refractivity contribution in [3.8, 4) is 0 Å². The average Bonchev–Trinajstić information content (AvgIpc) is 3.36. The Morgan fingerprint density at radius 1 is 1.19 bits per heavy atom. The number of thioether (sulfide) groups is 1. The van der Waals surface area contributed by atoms with E-state index in [1.165, 1.54) is 27.9 Å². The molecule has 3 heterocycles. The van der Waals surface area contributed by atoms with Gasteiger partial charge in [-0.25, -0.2) is 9.78 Å². The smallest absolute Gasteiger partial charge is 0.329 e. The van der Waals surface area contributed by atoms with Crippen molar-refractivity contribution in [3.63, 3.8) is 0 Å². The molecule has 1 N–H and O–H groups in total. The van der Waals surface area contributed by atoms with Gasteiger partial charge in [-0.3, -0.25) is 4.99 Å². The van der Waals surface area contributed by atoms with Crippen LogP contribution in [0.2, 0.25) is 0 Å². The summed E-state index contributed by atoms with van der Waals surface area (Å²) in [6.45, 7) is 1.87. The van der Waals surface area contributed by atoms with E-state index in [1.807, 2.05) is 30.5 Å². The Hall–Kier alpha value is -2.38. The third kappa shape index (κ3) is 3.73. The van der Waals surface area contributed by atoms with Gasteiger partial charge in [0.1, 0.15) is 10.0 Å². The zero-order valence-corrected chi connectivity index (χ0v) is 15.5. The summed E-state index contributed by atoms with van der Waals surface area (Å²) in [4.78, 5) is 21.8. The Morgan fingerprint density at radius 3 is 2.62 bits per heavy atom. The number of aliphatic imine (C=N–C) groups is 1. The van der Waals surface area contributed by atoms with Crippen molar-refractivity contribution in [1.29, 1.82) is 0 Å². The summed E-state index contributed by atoms with van der Waals surface area (Å²) >= 11 is 3.14. The van der Waals surface area contributed by atoms with E-state index in [0.29, 0.717) is 5.75 Å². The van der Waals surface area contributed by atoms with E-state index in [9.17, 15) is 4.79 Å². The number of benzene rings is 1. The van der Waals surface area contributed by atoms with E-state index < -0.39 is 12.0 Å². The highest BCUT2D eigenvalue weighted by molar-refractivity contribution is 8.14. The predicted octanol–water partition coefficient (Wildman–Crippen LogP) is 3.83. The molecule has 2 aliphatic heterocycles. The number of anilines is 1. The van der Waals surface area contributed by atoms with Crippen LogP contribution in [0.4, 0.5) is 5.00 Å². The molecule has 0 saturated carbocycles. The van der Waals surface area contributed by atoms with Gasteiger partial charge in [0.05, 0.1) is 11.2 Å². The second-order valence-corrected chi connectivity index (χ2v) is 8.09. The number of carbonyl (C=O) groups is 1. The van der Waals surface area contributed by atoms with E-state index in [0.717, 1.165) is 23.1 Å². The first-order chi connectivity index (χ1) is 12.7. The van der Waals surface area contributed by atoms with E-state index in [1.54, 1.807) is 11.3 Å². The number of hydrogen-bond donors (Lipinski definition) is 1. The van der Waals surface area contributed by atoms with Crippen LogP contribution in [-0.2, 0) is 17.9 Å². The van der Waals surface area contributed by atoms with E-state index in [4.69, 9.17) is 5.11 Å². The molecular formula is C19H17N3O2S2. The lowest BCUT2D eigenvalue weighted by molar-refractivity contribution is -0.137. The maximum atomic E-state index is 10.9. The molecule has 0 aliphatic carbocycles. The number of nitrogens with zero attached hydrogens (tertiary/aromatic N) is 3. The monoisotopic (exact) mass is 383 g/mol. The minimum atomic E-state index is -0.865. The van der Waals surface area contributed by atoms with Crippen molar-refractivity contribution in [2.24, 2.45) is 4.99 Å². The molecule has 0 saturated heterocycles. The topological polar surface area (TPSA) is 65.8 Å². The molecule has 5 nitrogen and oxygen atoms in total. The normalized spacial score (nSPS) is 19.5. The number of fused-ring (bicyclic) bond motifs is 1. The average molecular weight is 383 g/mol. The van der Waals surface area contributed by atoms with Crippen LogP contribution in [0.15, 0.2) is 53.7 Å². The lowest BCUT2D eigenvalue weighted by Crippen LogP contribution is -2.16. The molecule has 26 heavy (non-hydrogen) atoms. The van der Waals surface area contributed by atoms with Gasteiger partial charge in [0, 0.05) is 18.8 Å². The highest BCUT2D eigenvalue weighted by atomic mass is 32.2. The van der Waals surface area contributed by atoms with Gasteiger partial charge in [-0.1, -0.05) is 47.8 Å². The van der Waals surface area contributed by atoms with Crippen molar-refractivity contribution in [2.45, 2.75) is 19.1 Å². The molecule has 2 aromatic rings. The highest BCUT2D eigenvalue weighted by Gasteiger charge is 2.23. The van der Waals surface area contributed by atoms with E-state index in [2.05, 4.69) is 39.1 Å². The first-order valence-corrected chi connectivity index (χ1v) is 10.0. The number of rotatable bonds is 5. The van der Waals surface area contributed by atoms with E-state index >= 15 is 0 Å². The van der Waals surface area contributed by atoms with Crippen LogP contribution in [0.5, 0.6) is 0 Å². The third-order valence-electron chi connectivity index (χ3n) is 4.21. The number of carboxylic acid groups (broad SMARTS) is 1. The Labute approximate surface area is 159 Å². The first kappa shape index (κ1) is 17.1. The number of aromatic nitrogens is 1. The largest absolute Gasteiger partial charge is 0.480 e. The Morgan fingerprint density at radius 2 is 1.92 bits per heavy atom. The van der Waals surface area contributed by atoms with Crippen molar-refractivity contribution < 1.29 is 9.90 Å². The van der Waals surface area contributed by atoms with Gasteiger partial charge in [0.15, 0.2) is 6.04 Å². The molecular weight excluding hydrogens is 366 g/mol. The minimum Gasteiger partial charge on any atom is -0.480 e. The quantitative estimate of drug-likeness (QED) is 0.795. The van der Waals surface area contributed by atoms with E-state index in [-0.39, 0.29) is 0 Å². The highest BCUT2D eigenvalue weighted by Crippen LogP contribution is 2.32. The lowest BCUT2D eigenvalue weighted by Gasteiger charge is -2.13. The van der Waals surface area contributed by atoms with Crippen LogP contribution in [0.3, 0.4) is 0 Å². The summed E-state index contributed by atoms with van der Waals surface area (Å²) in [5.41, 5.74) is 2.77. The van der Waals surface area contributed by atoms with Gasteiger partial charge >= 0.3 is 5.97 Å². The predicted molar refractivity (Wildman–Crippen MR) is 108 cm³/mol. The van der Waals surface area contributed by atoms with Gasteiger partial charge < -0.3 is 10.0 Å². The molecule has 7 heteroatoms. The Balaban J connectivity index is 1.36. The van der Waals surface area contributed by atoms with Gasteiger partial charge in [-0.05, 0) is 23.3 Å². The number of thiazole rings is 1. The SMILES string of the molecule is O=C(O)[C@H]1CSC(/C=C/C=C/c2ncc(N3Cc4ccccc4C3)s2)=N1. The Bertz CT molecular complexity index is 892. The summed E-state index contributed by atoms with van der Waals surface area (Å²) in [6.07, 6.45) is 9.52. The van der Waals surface area contributed by atoms with Crippen LogP contribution in [0.25, 0.3) is 6.08 Å². The van der Waals surface area contributed by atoms with Gasteiger partial charge in [-0.15, -0.1) is 11.8 Å². The zero-order valence-electron chi connectivity index (χ0n) is 13.9. The van der Waals surface area contributed by atoms with Crippen LogP contribution in [0.1, 0.15) is 16.1 Å². The molecule has 132 valence electrons. The summed E-state index contributed by atoms with van der Waals surface area (Å²) in [6, 6.07) is 7.92.